The van der Waals surface area contributed by atoms with Gasteiger partial charge < -0.3 is 4.42 Å². The van der Waals surface area contributed by atoms with Crippen LogP contribution in [-0.4, -0.2) is 0 Å². The summed E-state index contributed by atoms with van der Waals surface area (Å²) in [5, 5.41) is 7.23. The van der Waals surface area contributed by atoms with Gasteiger partial charge in [0.15, 0.2) is 0 Å². The molecule has 1 heterocycles. The van der Waals surface area contributed by atoms with Gasteiger partial charge in [0.05, 0.1) is 0 Å². The molecule has 0 fully saturated rings. The SMILES string of the molecule is c1ccc(-c2ccc3c(c2)oc2cccc(-c4c5ccccc5c(-c5ccccc5-c5ccccc5)c5ccccc45)c23)cc1. The summed E-state index contributed by atoms with van der Waals surface area (Å²) in [6.45, 7) is 0. The van der Waals surface area contributed by atoms with Crippen LogP contribution in [0.15, 0.2) is 174 Å². The molecule has 9 rings (SSSR count). The summed E-state index contributed by atoms with van der Waals surface area (Å²) < 4.78 is 6.56. The molecule has 45 heavy (non-hydrogen) atoms. The Kier molecular flexibility index (Phi) is 5.89. The van der Waals surface area contributed by atoms with Gasteiger partial charge in [0.25, 0.3) is 0 Å². The Hall–Kier alpha value is -5.92. The third-order valence-corrected chi connectivity index (χ3v) is 9.09. The Morgan fingerprint density at radius 2 is 0.800 bits per heavy atom. The second-order valence-corrected chi connectivity index (χ2v) is 11.6. The van der Waals surface area contributed by atoms with E-state index in [1.165, 1.54) is 60.5 Å². The summed E-state index contributed by atoms with van der Waals surface area (Å²) in [6.07, 6.45) is 0. The summed E-state index contributed by atoms with van der Waals surface area (Å²) in [4.78, 5) is 0. The van der Waals surface area contributed by atoms with Crippen molar-refractivity contribution >= 4 is 43.5 Å². The van der Waals surface area contributed by atoms with Crippen molar-refractivity contribution in [3.8, 4) is 44.5 Å². The van der Waals surface area contributed by atoms with E-state index in [-0.39, 0.29) is 0 Å². The fourth-order valence-electron chi connectivity index (χ4n) is 7.12. The Bertz CT molecular complexity index is 2460. The minimum atomic E-state index is 0.902. The van der Waals surface area contributed by atoms with Gasteiger partial charge in [0, 0.05) is 10.8 Å². The highest BCUT2D eigenvalue weighted by atomic mass is 16.3. The molecule has 1 heteroatoms. The average Bonchev–Trinajstić information content (AvgIpc) is 3.50. The van der Waals surface area contributed by atoms with Crippen molar-refractivity contribution in [2.24, 2.45) is 0 Å². The molecular weight excluding hydrogens is 544 g/mol. The monoisotopic (exact) mass is 572 g/mol. The lowest BCUT2D eigenvalue weighted by atomic mass is 9.83. The van der Waals surface area contributed by atoms with Crippen LogP contribution < -0.4 is 0 Å². The van der Waals surface area contributed by atoms with E-state index in [0.717, 1.165) is 27.5 Å². The molecule has 0 aliphatic heterocycles. The van der Waals surface area contributed by atoms with E-state index in [0.29, 0.717) is 0 Å². The van der Waals surface area contributed by atoms with Crippen LogP contribution >= 0.6 is 0 Å². The molecule has 0 spiro atoms. The van der Waals surface area contributed by atoms with Crippen molar-refractivity contribution in [1.82, 2.24) is 0 Å². The van der Waals surface area contributed by atoms with Crippen molar-refractivity contribution in [3.63, 3.8) is 0 Å². The van der Waals surface area contributed by atoms with E-state index in [2.05, 4.69) is 170 Å². The van der Waals surface area contributed by atoms with Crippen LogP contribution in [0.5, 0.6) is 0 Å². The van der Waals surface area contributed by atoms with Gasteiger partial charge in [-0.25, -0.2) is 0 Å². The molecule has 0 atom stereocenters. The minimum absolute atomic E-state index is 0.902. The Labute approximate surface area is 261 Å². The summed E-state index contributed by atoms with van der Waals surface area (Å²) in [6, 6.07) is 60.8. The van der Waals surface area contributed by atoms with Gasteiger partial charge in [0.2, 0.25) is 0 Å². The lowest BCUT2D eigenvalue weighted by Gasteiger charge is -2.20. The highest BCUT2D eigenvalue weighted by Gasteiger charge is 2.21. The summed E-state index contributed by atoms with van der Waals surface area (Å²) in [5.74, 6) is 0. The molecular formula is C44H28O. The first-order chi connectivity index (χ1) is 22.3. The molecule has 0 saturated carbocycles. The predicted molar refractivity (Wildman–Crippen MR) is 190 cm³/mol. The lowest BCUT2D eigenvalue weighted by molar-refractivity contribution is 0.669. The van der Waals surface area contributed by atoms with E-state index < -0.39 is 0 Å². The van der Waals surface area contributed by atoms with Gasteiger partial charge in [-0.2, -0.15) is 0 Å². The number of furan rings is 1. The molecule has 0 bridgehead atoms. The maximum absolute atomic E-state index is 6.56. The predicted octanol–water partition coefficient (Wildman–Crippen LogP) is 12.6. The standard InChI is InChI=1S/C44H28O/c1-3-14-29(15-4-1)31-26-27-38-41(28-31)45-40-25-13-24-39(44(38)40)43-36-22-11-9-20-34(36)42(35-21-10-12-23-37(35)43)33-19-8-7-18-32(33)30-16-5-2-6-17-30/h1-28H. The molecule has 0 unspecified atom stereocenters. The normalized spacial score (nSPS) is 11.6. The van der Waals surface area contributed by atoms with E-state index in [4.69, 9.17) is 4.42 Å². The van der Waals surface area contributed by atoms with Crippen molar-refractivity contribution < 1.29 is 4.42 Å². The maximum Gasteiger partial charge on any atom is 0.136 e. The van der Waals surface area contributed by atoms with E-state index in [1.54, 1.807) is 0 Å². The van der Waals surface area contributed by atoms with Crippen molar-refractivity contribution in [1.29, 1.82) is 0 Å². The van der Waals surface area contributed by atoms with Crippen LogP contribution in [0.2, 0.25) is 0 Å². The molecule has 9 aromatic rings. The van der Waals surface area contributed by atoms with E-state index in [9.17, 15) is 0 Å². The van der Waals surface area contributed by atoms with Crippen LogP contribution in [-0.2, 0) is 0 Å². The van der Waals surface area contributed by atoms with Crippen LogP contribution in [0.25, 0.3) is 88.0 Å². The molecule has 8 aromatic carbocycles. The van der Waals surface area contributed by atoms with Gasteiger partial charge in [-0.15, -0.1) is 0 Å². The van der Waals surface area contributed by atoms with Crippen LogP contribution in [0, 0.1) is 0 Å². The number of rotatable bonds is 4. The maximum atomic E-state index is 6.56. The minimum Gasteiger partial charge on any atom is -0.456 e. The van der Waals surface area contributed by atoms with Crippen LogP contribution in [0.1, 0.15) is 0 Å². The molecule has 1 nitrogen and oxygen atoms in total. The van der Waals surface area contributed by atoms with Crippen LogP contribution in [0.3, 0.4) is 0 Å². The zero-order chi connectivity index (χ0) is 29.7. The molecule has 0 N–H and O–H groups in total. The van der Waals surface area contributed by atoms with Crippen LogP contribution in [0.4, 0.5) is 0 Å². The van der Waals surface area contributed by atoms with Crippen molar-refractivity contribution in [2.75, 3.05) is 0 Å². The molecule has 0 radical (unpaired) electrons. The Balaban J connectivity index is 1.36. The summed E-state index contributed by atoms with van der Waals surface area (Å²) in [7, 11) is 0. The third-order valence-electron chi connectivity index (χ3n) is 9.09. The molecule has 0 saturated heterocycles. The van der Waals surface area contributed by atoms with Gasteiger partial charge >= 0.3 is 0 Å². The zero-order valence-electron chi connectivity index (χ0n) is 24.6. The lowest BCUT2D eigenvalue weighted by Crippen LogP contribution is -1.93. The summed E-state index contributed by atoms with van der Waals surface area (Å²) in [5.41, 5.74) is 11.5. The van der Waals surface area contributed by atoms with Gasteiger partial charge in [-0.1, -0.05) is 152 Å². The van der Waals surface area contributed by atoms with E-state index in [1.807, 2.05) is 0 Å². The number of benzene rings is 8. The summed E-state index contributed by atoms with van der Waals surface area (Å²) >= 11 is 0. The average molecular weight is 573 g/mol. The fourth-order valence-corrected chi connectivity index (χ4v) is 7.12. The zero-order valence-corrected chi connectivity index (χ0v) is 24.6. The first kappa shape index (κ1) is 25.6. The Morgan fingerprint density at radius 1 is 0.289 bits per heavy atom. The van der Waals surface area contributed by atoms with Crippen molar-refractivity contribution in [3.05, 3.63) is 170 Å². The highest BCUT2D eigenvalue weighted by Crippen LogP contribution is 2.48. The number of hydrogen-bond donors (Lipinski definition) is 0. The second kappa shape index (κ2) is 10.4. The molecule has 1 aromatic heterocycles. The third kappa shape index (κ3) is 4.09. The smallest absolute Gasteiger partial charge is 0.136 e. The molecule has 0 amide bonds. The highest BCUT2D eigenvalue weighted by molar-refractivity contribution is 6.26. The van der Waals surface area contributed by atoms with Crippen molar-refractivity contribution in [2.45, 2.75) is 0 Å². The molecule has 0 aliphatic rings. The van der Waals surface area contributed by atoms with Gasteiger partial charge in [-0.05, 0) is 84.3 Å². The topological polar surface area (TPSA) is 13.1 Å². The second-order valence-electron chi connectivity index (χ2n) is 11.6. The van der Waals surface area contributed by atoms with Gasteiger partial charge in [-0.3, -0.25) is 0 Å². The number of fused-ring (bicyclic) bond motifs is 5. The fraction of sp³-hybridized carbons (Fsp3) is 0. The van der Waals surface area contributed by atoms with Gasteiger partial charge in [0.1, 0.15) is 11.2 Å². The number of hydrogen-bond acceptors (Lipinski definition) is 1. The largest absolute Gasteiger partial charge is 0.456 e. The molecule has 0 aliphatic carbocycles. The quantitative estimate of drug-likeness (QED) is 0.191. The molecule has 210 valence electrons. The first-order valence-electron chi connectivity index (χ1n) is 15.4. The van der Waals surface area contributed by atoms with E-state index >= 15 is 0 Å². The first-order valence-corrected chi connectivity index (χ1v) is 15.4. The Morgan fingerprint density at radius 3 is 1.44 bits per heavy atom.